The molecule has 0 saturated heterocycles. The van der Waals surface area contributed by atoms with Crippen LogP contribution in [0.3, 0.4) is 0 Å². The molecule has 142 valence electrons. The van der Waals surface area contributed by atoms with Crippen LogP contribution in [0.4, 0.5) is 22.0 Å². The quantitative estimate of drug-likeness (QED) is 0.222. The maximum Gasteiger partial charge on any atom is 0.453 e. The van der Waals surface area contributed by atoms with Crippen LogP contribution in [0, 0.1) is 5.41 Å². The Balaban J connectivity index is 4.85. The molecule has 4 nitrogen and oxygen atoms in total. The van der Waals surface area contributed by atoms with Crippen molar-refractivity contribution in [3.05, 3.63) is 0 Å². The van der Waals surface area contributed by atoms with Gasteiger partial charge >= 0.3 is 24.0 Å². The Bertz CT molecular complexity index is 412. The third kappa shape index (κ3) is 6.41. The Morgan fingerprint density at radius 2 is 1.21 bits per heavy atom. The Morgan fingerprint density at radius 3 is 1.62 bits per heavy atom. The number of halogens is 6. The van der Waals surface area contributed by atoms with E-state index in [4.69, 9.17) is 11.6 Å². The molecule has 0 aliphatic heterocycles. The third-order valence-electron chi connectivity index (χ3n) is 3.81. The number of alkyl halides is 6. The molecule has 0 aliphatic rings. The molecule has 0 fully saturated rings. The molecule has 0 aromatic carbocycles. The normalized spacial score (nSPS) is 13.1. The Hall–Kier alpha value is -1.12. The van der Waals surface area contributed by atoms with Gasteiger partial charge in [-0.05, 0) is 25.7 Å². The van der Waals surface area contributed by atoms with Crippen LogP contribution in [-0.4, -0.2) is 40.1 Å². The number of carboxylic acid groups (broad SMARTS) is 2. The molecule has 0 aliphatic carbocycles. The summed E-state index contributed by atoms with van der Waals surface area (Å²) in [6.07, 6.45) is -7.39. The third-order valence-corrected chi connectivity index (χ3v) is 4.08. The van der Waals surface area contributed by atoms with Gasteiger partial charge in [-0.25, -0.2) is 0 Å². The maximum absolute atomic E-state index is 12.9. The van der Waals surface area contributed by atoms with E-state index >= 15 is 0 Å². The van der Waals surface area contributed by atoms with E-state index in [-0.39, 0.29) is 12.8 Å². The van der Waals surface area contributed by atoms with Gasteiger partial charge in [0, 0.05) is 12.3 Å². The van der Waals surface area contributed by atoms with Gasteiger partial charge in [0.05, 0.1) is 0 Å². The molecule has 0 heterocycles. The standard InChI is InChI=1S/C14H20ClF5O4/c15-9-4-2-1-3-6-12(10(21)22,11(23)24)7-5-8-13(16,17)14(18,19)20/h1-9H2,(H,21,22)(H,23,24). The second-order valence-electron chi connectivity index (χ2n) is 5.60. The summed E-state index contributed by atoms with van der Waals surface area (Å²) in [4.78, 5) is 22.6. The highest BCUT2D eigenvalue weighted by atomic mass is 35.5. The summed E-state index contributed by atoms with van der Waals surface area (Å²) in [6, 6.07) is 0. The molecule has 24 heavy (non-hydrogen) atoms. The Kier molecular flexibility index (Phi) is 8.95. The van der Waals surface area contributed by atoms with Crippen LogP contribution in [-0.2, 0) is 9.59 Å². The predicted molar refractivity (Wildman–Crippen MR) is 76.4 cm³/mol. The van der Waals surface area contributed by atoms with Crippen molar-refractivity contribution in [2.45, 2.75) is 63.5 Å². The van der Waals surface area contributed by atoms with Crippen molar-refractivity contribution in [3.8, 4) is 0 Å². The van der Waals surface area contributed by atoms with Gasteiger partial charge in [-0.3, -0.25) is 9.59 Å². The van der Waals surface area contributed by atoms with E-state index in [1.54, 1.807) is 0 Å². The summed E-state index contributed by atoms with van der Waals surface area (Å²) in [7, 11) is 0. The summed E-state index contributed by atoms with van der Waals surface area (Å²) in [5.74, 6) is -8.05. The van der Waals surface area contributed by atoms with Gasteiger partial charge in [0.2, 0.25) is 0 Å². The molecule has 0 radical (unpaired) electrons. The highest BCUT2D eigenvalue weighted by molar-refractivity contribution is 6.17. The fraction of sp³-hybridized carbons (Fsp3) is 0.857. The van der Waals surface area contributed by atoms with E-state index in [0.29, 0.717) is 25.1 Å². The van der Waals surface area contributed by atoms with Crippen LogP contribution in [0.2, 0.25) is 0 Å². The van der Waals surface area contributed by atoms with E-state index in [9.17, 15) is 41.8 Å². The fourth-order valence-corrected chi connectivity index (χ4v) is 2.46. The summed E-state index contributed by atoms with van der Waals surface area (Å²) < 4.78 is 62.0. The molecule has 0 saturated carbocycles. The minimum absolute atomic E-state index is 0.200. The van der Waals surface area contributed by atoms with Crippen LogP contribution in [0.25, 0.3) is 0 Å². The maximum atomic E-state index is 12.9. The molecule has 0 atom stereocenters. The lowest BCUT2D eigenvalue weighted by atomic mass is 9.77. The summed E-state index contributed by atoms with van der Waals surface area (Å²) in [5.41, 5.74) is -2.36. The highest BCUT2D eigenvalue weighted by Gasteiger charge is 2.57. The summed E-state index contributed by atoms with van der Waals surface area (Å²) in [5, 5.41) is 18.3. The predicted octanol–water partition coefficient (Wildman–Crippen LogP) is 4.70. The minimum atomic E-state index is -5.75. The van der Waals surface area contributed by atoms with Crippen molar-refractivity contribution in [2.75, 3.05) is 5.88 Å². The SMILES string of the molecule is O=C(O)C(CCCCCCCl)(CCCC(F)(F)C(F)(F)F)C(=O)O. The van der Waals surface area contributed by atoms with Crippen LogP contribution in [0.15, 0.2) is 0 Å². The van der Waals surface area contributed by atoms with Crippen molar-refractivity contribution >= 4 is 23.5 Å². The van der Waals surface area contributed by atoms with Gasteiger partial charge in [-0.15, -0.1) is 11.6 Å². The first-order valence-corrected chi connectivity index (χ1v) is 7.91. The molecule has 10 heteroatoms. The van der Waals surface area contributed by atoms with E-state index in [0.717, 1.165) is 0 Å². The van der Waals surface area contributed by atoms with E-state index < -0.39 is 48.7 Å². The largest absolute Gasteiger partial charge is 0.480 e. The van der Waals surface area contributed by atoms with Gasteiger partial charge in [0.25, 0.3) is 0 Å². The van der Waals surface area contributed by atoms with Crippen molar-refractivity contribution in [3.63, 3.8) is 0 Å². The Labute approximate surface area is 141 Å². The molecule has 2 N–H and O–H groups in total. The van der Waals surface area contributed by atoms with Crippen molar-refractivity contribution in [1.29, 1.82) is 0 Å². The molecular weight excluding hydrogens is 363 g/mol. The fourth-order valence-electron chi connectivity index (χ4n) is 2.27. The van der Waals surface area contributed by atoms with Crippen LogP contribution >= 0.6 is 11.6 Å². The summed E-state index contributed by atoms with van der Waals surface area (Å²) in [6.45, 7) is 0. The zero-order valence-electron chi connectivity index (χ0n) is 12.8. The molecule has 0 aromatic heterocycles. The molecular formula is C14H20ClF5O4. The smallest absolute Gasteiger partial charge is 0.453 e. The van der Waals surface area contributed by atoms with E-state index in [1.165, 1.54) is 0 Å². The Morgan fingerprint density at radius 1 is 0.750 bits per heavy atom. The number of rotatable bonds is 12. The van der Waals surface area contributed by atoms with Gasteiger partial charge in [-0.1, -0.05) is 19.3 Å². The van der Waals surface area contributed by atoms with Crippen LogP contribution in [0.5, 0.6) is 0 Å². The van der Waals surface area contributed by atoms with Gasteiger partial charge in [-0.2, -0.15) is 22.0 Å². The lowest BCUT2D eigenvalue weighted by Gasteiger charge is -2.26. The summed E-state index contributed by atoms with van der Waals surface area (Å²) >= 11 is 5.47. The number of hydrogen-bond acceptors (Lipinski definition) is 2. The second kappa shape index (κ2) is 9.39. The molecule has 0 unspecified atom stereocenters. The number of aliphatic carboxylic acids is 2. The van der Waals surface area contributed by atoms with Crippen molar-refractivity contribution in [1.82, 2.24) is 0 Å². The average Bonchev–Trinajstić information content (AvgIpc) is 2.43. The average molecular weight is 383 g/mol. The molecule has 0 spiro atoms. The first kappa shape index (κ1) is 22.9. The van der Waals surface area contributed by atoms with Gasteiger partial charge in [0.15, 0.2) is 5.41 Å². The van der Waals surface area contributed by atoms with Crippen molar-refractivity contribution in [2.24, 2.45) is 5.41 Å². The van der Waals surface area contributed by atoms with Crippen LogP contribution < -0.4 is 0 Å². The highest BCUT2D eigenvalue weighted by Crippen LogP contribution is 2.41. The number of carbonyl (C=O) groups is 2. The molecule has 0 amide bonds. The zero-order valence-corrected chi connectivity index (χ0v) is 13.6. The molecule has 0 aromatic rings. The number of hydrogen-bond donors (Lipinski definition) is 2. The number of carboxylic acids is 2. The lowest BCUT2D eigenvalue weighted by Crippen LogP contribution is -2.41. The monoisotopic (exact) mass is 382 g/mol. The minimum Gasteiger partial charge on any atom is -0.480 e. The first-order chi connectivity index (χ1) is 10.9. The van der Waals surface area contributed by atoms with E-state index in [2.05, 4.69) is 0 Å². The first-order valence-electron chi connectivity index (χ1n) is 7.38. The van der Waals surface area contributed by atoms with Gasteiger partial charge < -0.3 is 10.2 Å². The second-order valence-corrected chi connectivity index (χ2v) is 5.98. The molecule has 0 rings (SSSR count). The van der Waals surface area contributed by atoms with Crippen LogP contribution in [0.1, 0.15) is 51.4 Å². The zero-order chi connectivity index (χ0) is 19.0. The number of unbranched alkanes of at least 4 members (excludes halogenated alkanes) is 3. The topological polar surface area (TPSA) is 74.6 Å². The lowest BCUT2D eigenvalue weighted by molar-refractivity contribution is -0.284. The van der Waals surface area contributed by atoms with Crippen molar-refractivity contribution < 1.29 is 41.8 Å². The van der Waals surface area contributed by atoms with Gasteiger partial charge in [0.1, 0.15) is 0 Å². The molecule has 0 bridgehead atoms. The van der Waals surface area contributed by atoms with E-state index in [1.807, 2.05) is 0 Å².